The molecule has 1 unspecified atom stereocenters. The average Bonchev–Trinajstić information content (AvgIpc) is 2.98. The molecule has 6 heteroatoms. The minimum Gasteiger partial charge on any atom is -0.459 e. The van der Waals surface area contributed by atoms with Crippen LogP contribution in [0.3, 0.4) is 0 Å². The van der Waals surface area contributed by atoms with E-state index in [1.54, 1.807) is 67.6 Å². The van der Waals surface area contributed by atoms with Crippen LogP contribution in [-0.2, 0) is 14.2 Å². The normalized spacial score (nSPS) is 26.2. The van der Waals surface area contributed by atoms with Crippen molar-refractivity contribution in [3.63, 3.8) is 0 Å². The quantitative estimate of drug-likeness (QED) is 0.634. The maximum Gasteiger partial charge on any atom is 0.338 e. The summed E-state index contributed by atoms with van der Waals surface area (Å²) in [7, 11) is 0. The van der Waals surface area contributed by atoms with Crippen molar-refractivity contribution < 1.29 is 28.9 Å². The molecule has 0 saturated carbocycles. The third kappa shape index (κ3) is 3.91. The van der Waals surface area contributed by atoms with Gasteiger partial charge in [0, 0.05) is 0 Å². The molecule has 1 aliphatic heterocycles. The first-order valence-corrected chi connectivity index (χ1v) is 8.75. The van der Waals surface area contributed by atoms with Crippen LogP contribution in [0.4, 0.5) is 0 Å². The first-order valence-electron chi connectivity index (χ1n) is 8.75. The van der Waals surface area contributed by atoms with E-state index in [1.807, 2.05) is 0 Å². The Morgan fingerprint density at radius 1 is 1.07 bits per heavy atom. The van der Waals surface area contributed by atoms with E-state index >= 15 is 0 Å². The van der Waals surface area contributed by atoms with Crippen LogP contribution in [0.2, 0.25) is 0 Å². The van der Waals surface area contributed by atoms with Crippen LogP contribution in [0.25, 0.3) is 0 Å². The Labute approximate surface area is 163 Å². The molecule has 4 atom stereocenters. The number of carbonyl (C=O) groups excluding carboxylic acids is 2. The number of terminal acetylenes is 1. The third-order valence-electron chi connectivity index (χ3n) is 4.69. The summed E-state index contributed by atoms with van der Waals surface area (Å²) in [5.41, 5.74) is -0.573. The third-order valence-corrected chi connectivity index (χ3v) is 4.69. The highest BCUT2D eigenvalue weighted by atomic mass is 16.7. The second-order valence-electron chi connectivity index (χ2n) is 6.61. The van der Waals surface area contributed by atoms with E-state index in [2.05, 4.69) is 5.92 Å². The van der Waals surface area contributed by atoms with Crippen LogP contribution in [0.15, 0.2) is 60.7 Å². The molecule has 144 valence electrons. The molecule has 2 aromatic carbocycles. The number of benzene rings is 2. The summed E-state index contributed by atoms with van der Waals surface area (Å²) in [6, 6.07) is 16.8. The van der Waals surface area contributed by atoms with Crippen LogP contribution in [-0.4, -0.2) is 42.1 Å². The highest BCUT2D eigenvalue weighted by Gasteiger charge is 2.55. The molecule has 1 aliphatic rings. The molecular weight excluding hydrogens is 360 g/mol. The van der Waals surface area contributed by atoms with Gasteiger partial charge < -0.3 is 19.3 Å². The van der Waals surface area contributed by atoms with E-state index in [1.165, 1.54) is 0 Å². The summed E-state index contributed by atoms with van der Waals surface area (Å²) in [4.78, 5) is 24.7. The number of ether oxygens (including phenoxy) is 3. The lowest BCUT2D eigenvalue weighted by atomic mass is 9.84. The lowest BCUT2D eigenvalue weighted by molar-refractivity contribution is -0.127. The number of rotatable bonds is 5. The largest absolute Gasteiger partial charge is 0.459 e. The van der Waals surface area contributed by atoms with Gasteiger partial charge >= 0.3 is 11.9 Å². The molecule has 2 aromatic rings. The van der Waals surface area contributed by atoms with E-state index in [9.17, 15) is 14.7 Å². The van der Waals surface area contributed by atoms with Gasteiger partial charge in [-0.2, -0.15) is 0 Å². The first kappa shape index (κ1) is 19.6. The Kier molecular flexibility index (Phi) is 5.78. The lowest BCUT2D eigenvalue weighted by Crippen LogP contribution is -2.42. The highest BCUT2D eigenvalue weighted by molar-refractivity contribution is 5.90. The fourth-order valence-corrected chi connectivity index (χ4v) is 2.96. The van der Waals surface area contributed by atoms with Crippen molar-refractivity contribution >= 4 is 11.9 Å². The van der Waals surface area contributed by atoms with Crippen molar-refractivity contribution in [2.75, 3.05) is 6.61 Å². The summed E-state index contributed by atoms with van der Waals surface area (Å²) < 4.78 is 16.3. The Morgan fingerprint density at radius 2 is 1.61 bits per heavy atom. The molecule has 0 aliphatic carbocycles. The summed E-state index contributed by atoms with van der Waals surface area (Å²) in [6.45, 7) is 1.33. The maximum atomic E-state index is 12.5. The van der Waals surface area contributed by atoms with E-state index in [4.69, 9.17) is 20.6 Å². The van der Waals surface area contributed by atoms with E-state index in [0.717, 1.165) is 0 Å². The molecule has 0 amide bonds. The van der Waals surface area contributed by atoms with Crippen LogP contribution in [0, 0.1) is 17.8 Å². The van der Waals surface area contributed by atoms with Crippen molar-refractivity contribution in [1.29, 1.82) is 0 Å². The zero-order valence-corrected chi connectivity index (χ0v) is 15.3. The minimum atomic E-state index is -1.37. The van der Waals surface area contributed by atoms with E-state index in [0.29, 0.717) is 11.1 Å². The number of carbonyl (C=O) groups is 2. The monoisotopic (exact) mass is 380 g/mol. The average molecular weight is 380 g/mol. The molecule has 3 rings (SSSR count). The van der Waals surface area contributed by atoms with Crippen LogP contribution < -0.4 is 0 Å². The number of esters is 2. The lowest BCUT2D eigenvalue weighted by Gasteiger charge is -2.28. The van der Waals surface area contributed by atoms with Crippen molar-refractivity contribution in [2.24, 2.45) is 5.41 Å². The van der Waals surface area contributed by atoms with Gasteiger partial charge in [-0.3, -0.25) is 0 Å². The summed E-state index contributed by atoms with van der Waals surface area (Å²) >= 11 is 0. The smallest absolute Gasteiger partial charge is 0.338 e. The van der Waals surface area contributed by atoms with Crippen LogP contribution >= 0.6 is 0 Å². The molecular formula is C22H20O6. The Hall–Kier alpha value is -3.14. The molecule has 1 saturated heterocycles. The van der Waals surface area contributed by atoms with Gasteiger partial charge in [-0.15, -0.1) is 6.42 Å². The highest BCUT2D eigenvalue weighted by Crippen LogP contribution is 2.39. The predicted octanol–water partition coefficient (Wildman–Crippen LogP) is 2.43. The van der Waals surface area contributed by atoms with Crippen molar-refractivity contribution in [3.8, 4) is 12.3 Å². The van der Waals surface area contributed by atoms with Gasteiger partial charge in [-0.1, -0.05) is 42.3 Å². The number of hydrogen-bond donors (Lipinski definition) is 1. The molecule has 0 radical (unpaired) electrons. The Bertz CT molecular complexity index is 873. The number of aliphatic hydroxyl groups is 1. The second kappa shape index (κ2) is 8.26. The molecule has 1 fully saturated rings. The predicted molar refractivity (Wildman–Crippen MR) is 100 cm³/mol. The van der Waals surface area contributed by atoms with Gasteiger partial charge in [-0.05, 0) is 31.2 Å². The van der Waals surface area contributed by atoms with E-state index < -0.39 is 35.9 Å². The van der Waals surface area contributed by atoms with Crippen LogP contribution in [0.1, 0.15) is 27.6 Å². The summed E-state index contributed by atoms with van der Waals surface area (Å²) in [5.74, 6) is 1.29. The molecule has 0 aromatic heterocycles. The summed E-state index contributed by atoms with van der Waals surface area (Å²) in [6.07, 6.45) is 2.31. The number of aliphatic hydroxyl groups excluding tert-OH is 1. The standard InChI is InChI=1S/C22H20O6/c1-3-22(2)18(28-20(24)16-12-8-5-9-13-16)17(27-21(22)25)14-26-19(23)15-10-6-4-7-11-15/h1,4-13,17-18,21,25H,14H2,2H3/t17-,18-,21?,22-/m1/s1. The van der Waals surface area contributed by atoms with Crippen molar-refractivity contribution in [1.82, 2.24) is 0 Å². The molecule has 6 nitrogen and oxygen atoms in total. The Morgan fingerprint density at radius 3 is 2.14 bits per heavy atom. The molecule has 0 bridgehead atoms. The fraction of sp³-hybridized carbons (Fsp3) is 0.273. The zero-order chi connectivity index (χ0) is 20.1. The second-order valence-corrected chi connectivity index (χ2v) is 6.61. The molecule has 28 heavy (non-hydrogen) atoms. The van der Waals surface area contributed by atoms with Gasteiger partial charge in [0.2, 0.25) is 0 Å². The topological polar surface area (TPSA) is 82.1 Å². The first-order chi connectivity index (χ1) is 13.5. The van der Waals surface area contributed by atoms with Gasteiger partial charge in [-0.25, -0.2) is 9.59 Å². The summed E-state index contributed by atoms with van der Waals surface area (Å²) in [5, 5.41) is 10.3. The Balaban J connectivity index is 1.74. The van der Waals surface area contributed by atoms with Gasteiger partial charge in [0.05, 0.1) is 11.1 Å². The zero-order valence-electron chi connectivity index (χ0n) is 15.3. The van der Waals surface area contributed by atoms with Gasteiger partial charge in [0.15, 0.2) is 12.4 Å². The molecule has 1 N–H and O–H groups in total. The number of hydrogen-bond acceptors (Lipinski definition) is 6. The van der Waals surface area contributed by atoms with Crippen molar-refractivity contribution in [2.45, 2.75) is 25.4 Å². The van der Waals surface area contributed by atoms with Crippen LogP contribution in [0.5, 0.6) is 0 Å². The molecule has 1 heterocycles. The maximum absolute atomic E-state index is 12.5. The molecule has 0 spiro atoms. The van der Waals surface area contributed by atoms with Gasteiger partial charge in [0.25, 0.3) is 0 Å². The SMILES string of the molecule is C#C[C@@]1(C)C(O)O[C@H](COC(=O)c2ccccc2)[C@H]1OC(=O)c1ccccc1. The fourth-order valence-electron chi connectivity index (χ4n) is 2.96. The minimum absolute atomic E-state index is 0.227. The van der Waals surface area contributed by atoms with Crippen molar-refractivity contribution in [3.05, 3.63) is 71.8 Å². The van der Waals surface area contributed by atoms with E-state index in [-0.39, 0.29) is 6.61 Å². The van der Waals surface area contributed by atoms with Gasteiger partial charge in [0.1, 0.15) is 18.1 Å².